The molecule has 0 aromatic carbocycles. The molecule has 0 amide bonds. The third kappa shape index (κ3) is 3.15. The van der Waals surface area contributed by atoms with Crippen LogP contribution < -0.4 is 5.32 Å². The van der Waals surface area contributed by atoms with Gasteiger partial charge in [0.2, 0.25) is 0 Å². The molecule has 2 heterocycles. The minimum Gasteiger partial charge on any atom is -0.383 e. The van der Waals surface area contributed by atoms with Gasteiger partial charge < -0.3 is 10.1 Å². The highest BCUT2D eigenvalue weighted by molar-refractivity contribution is 4.86. The summed E-state index contributed by atoms with van der Waals surface area (Å²) in [5, 5.41) is 11.8. The number of rotatable bonds is 7. The standard InChI is InChI=1S/C11H17N5O/c1-17-9-6-12-10-11(15-7-2-4-13-15)16-8-3-5-14-16/h2-5,7-8,11-12H,6,9-10H2,1H3. The van der Waals surface area contributed by atoms with Crippen LogP contribution in [0.15, 0.2) is 36.9 Å². The van der Waals surface area contributed by atoms with Crippen molar-refractivity contribution in [3.63, 3.8) is 0 Å². The van der Waals surface area contributed by atoms with Crippen molar-refractivity contribution in [3.05, 3.63) is 36.9 Å². The lowest BCUT2D eigenvalue weighted by Crippen LogP contribution is -2.32. The minimum absolute atomic E-state index is 0.0526. The van der Waals surface area contributed by atoms with Gasteiger partial charge in [0.05, 0.1) is 6.61 Å². The van der Waals surface area contributed by atoms with Crippen LogP contribution in [0, 0.1) is 0 Å². The lowest BCUT2D eigenvalue weighted by Gasteiger charge is -2.18. The topological polar surface area (TPSA) is 56.9 Å². The molecule has 2 aromatic heterocycles. The fourth-order valence-electron chi connectivity index (χ4n) is 1.63. The number of methoxy groups -OCH3 is 1. The van der Waals surface area contributed by atoms with E-state index in [1.165, 1.54) is 0 Å². The van der Waals surface area contributed by atoms with Gasteiger partial charge in [0.1, 0.15) is 0 Å². The third-order valence-corrected chi connectivity index (χ3v) is 2.47. The van der Waals surface area contributed by atoms with Crippen LogP contribution in [0.2, 0.25) is 0 Å². The molecular weight excluding hydrogens is 218 g/mol. The summed E-state index contributed by atoms with van der Waals surface area (Å²) in [5.41, 5.74) is 0. The second-order valence-corrected chi connectivity index (χ2v) is 3.65. The Morgan fingerprint density at radius 1 is 1.18 bits per heavy atom. The van der Waals surface area contributed by atoms with E-state index in [2.05, 4.69) is 15.5 Å². The van der Waals surface area contributed by atoms with Crippen molar-refractivity contribution in [2.24, 2.45) is 0 Å². The van der Waals surface area contributed by atoms with Gasteiger partial charge in [0.25, 0.3) is 0 Å². The summed E-state index contributed by atoms with van der Waals surface area (Å²) in [5.74, 6) is 0. The highest BCUT2D eigenvalue weighted by atomic mass is 16.5. The average Bonchev–Trinajstić information content (AvgIpc) is 3.02. The number of aromatic nitrogens is 4. The first-order chi connectivity index (χ1) is 8.42. The van der Waals surface area contributed by atoms with Crippen LogP contribution in [0.25, 0.3) is 0 Å². The Morgan fingerprint density at radius 2 is 1.82 bits per heavy atom. The molecule has 0 radical (unpaired) electrons. The fourth-order valence-corrected chi connectivity index (χ4v) is 1.63. The lowest BCUT2D eigenvalue weighted by molar-refractivity contribution is 0.196. The van der Waals surface area contributed by atoms with Gasteiger partial charge in [-0.25, -0.2) is 9.36 Å². The van der Waals surface area contributed by atoms with Gasteiger partial charge in [-0.05, 0) is 12.1 Å². The van der Waals surface area contributed by atoms with Crippen molar-refractivity contribution in [2.45, 2.75) is 6.17 Å². The Labute approximate surface area is 100 Å². The van der Waals surface area contributed by atoms with Crippen LogP contribution >= 0.6 is 0 Å². The lowest BCUT2D eigenvalue weighted by atomic mass is 10.4. The molecule has 6 nitrogen and oxygen atoms in total. The van der Waals surface area contributed by atoms with Crippen molar-refractivity contribution >= 4 is 0 Å². The molecule has 0 saturated carbocycles. The van der Waals surface area contributed by atoms with E-state index in [4.69, 9.17) is 4.74 Å². The summed E-state index contributed by atoms with van der Waals surface area (Å²) in [6, 6.07) is 3.82. The first kappa shape index (κ1) is 11.8. The molecule has 0 aliphatic rings. The van der Waals surface area contributed by atoms with Crippen molar-refractivity contribution in [1.82, 2.24) is 24.9 Å². The Balaban J connectivity index is 1.99. The molecule has 0 aliphatic carbocycles. The molecular formula is C11H17N5O. The molecule has 0 fully saturated rings. The van der Waals surface area contributed by atoms with Crippen LogP contribution in [-0.4, -0.2) is 46.4 Å². The number of ether oxygens (including phenoxy) is 1. The number of nitrogens with zero attached hydrogens (tertiary/aromatic N) is 4. The molecule has 17 heavy (non-hydrogen) atoms. The minimum atomic E-state index is 0.0526. The Kier molecular flexibility index (Phi) is 4.29. The van der Waals surface area contributed by atoms with Gasteiger partial charge >= 0.3 is 0 Å². The van der Waals surface area contributed by atoms with E-state index in [1.54, 1.807) is 19.5 Å². The van der Waals surface area contributed by atoms with Gasteiger partial charge in [0.15, 0.2) is 6.17 Å². The van der Waals surface area contributed by atoms with Gasteiger partial charge in [0, 0.05) is 45.0 Å². The van der Waals surface area contributed by atoms with Crippen LogP contribution in [0.3, 0.4) is 0 Å². The molecule has 0 aliphatic heterocycles. The average molecular weight is 235 g/mol. The van der Waals surface area contributed by atoms with Gasteiger partial charge in [-0.3, -0.25) is 0 Å². The first-order valence-corrected chi connectivity index (χ1v) is 5.59. The van der Waals surface area contributed by atoms with Gasteiger partial charge in [-0.2, -0.15) is 10.2 Å². The Hall–Kier alpha value is -1.66. The number of nitrogens with one attached hydrogen (secondary N) is 1. The summed E-state index contributed by atoms with van der Waals surface area (Å²) in [7, 11) is 1.69. The van der Waals surface area contributed by atoms with Gasteiger partial charge in [-0.1, -0.05) is 0 Å². The largest absolute Gasteiger partial charge is 0.383 e. The zero-order valence-electron chi connectivity index (χ0n) is 9.86. The normalized spacial score (nSPS) is 11.2. The monoisotopic (exact) mass is 235 g/mol. The van der Waals surface area contributed by atoms with Crippen molar-refractivity contribution < 1.29 is 4.74 Å². The van der Waals surface area contributed by atoms with Crippen molar-refractivity contribution in [3.8, 4) is 0 Å². The molecule has 0 saturated heterocycles. The molecule has 92 valence electrons. The maximum absolute atomic E-state index is 5.00. The number of hydrogen-bond acceptors (Lipinski definition) is 4. The molecule has 0 spiro atoms. The predicted octanol–water partition coefficient (Wildman–Crippen LogP) is 0.362. The van der Waals surface area contributed by atoms with Crippen LogP contribution in [0.4, 0.5) is 0 Å². The summed E-state index contributed by atoms with van der Waals surface area (Å²) >= 11 is 0. The molecule has 6 heteroatoms. The molecule has 0 unspecified atom stereocenters. The highest BCUT2D eigenvalue weighted by Gasteiger charge is 2.12. The summed E-state index contributed by atoms with van der Waals surface area (Å²) in [6.45, 7) is 2.27. The van der Waals surface area contributed by atoms with Gasteiger partial charge in [-0.15, -0.1) is 0 Å². The van der Waals surface area contributed by atoms with Crippen LogP contribution in [0.1, 0.15) is 6.17 Å². The molecule has 0 bridgehead atoms. The second-order valence-electron chi connectivity index (χ2n) is 3.65. The molecule has 0 atom stereocenters. The van der Waals surface area contributed by atoms with Crippen molar-refractivity contribution in [1.29, 1.82) is 0 Å². The maximum atomic E-state index is 5.00. The van der Waals surface area contributed by atoms with E-state index in [-0.39, 0.29) is 6.17 Å². The van der Waals surface area contributed by atoms with E-state index in [0.717, 1.165) is 13.1 Å². The Bertz CT molecular complexity index is 363. The molecule has 2 rings (SSSR count). The fraction of sp³-hybridized carbons (Fsp3) is 0.455. The van der Waals surface area contributed by atoms with E-state index < -0.39 is 0 Å². The maximum Gasteiger partial charge on any atom is 0.155 e. The summed E-state index contributed by atoms with van der Waals surface area (Å²) in [6.07, 6.45) is 7.46. The number of hydrogen-bond donors (Lipinski definition) is 1. The van der Waals surface area contributed by atoms with Crippen LogP contribution in [-0.2, 0) is 4.74 Å². The van der Waals surface area contributed by atoms with E-state index in [0.29, 0.717) is 6.61 Å². The summed E-state index contributed by atoms with van der Waals surface area (Å²) < 4.78 is 8.76. The Morgan fingerprint density at radius 3 is 2.29 bits per heavy atom. The zero-order valence-corrected chi connectivity index (χ0v) is 9.86. The van der Waals surface area contributed by atoms with E-state index in [9.17, 15) is 0 Å². The van der Waals surface area contributed by atoms with Crippen LogP contribution in [0.5, 0.6) is 0 Å². The second kappa shape index (κ2) is 6.17. The predicted molar refractivity (Wildman–Crippen MR) is 63.6 cm³/mol. The third-order valence-electron chi connectivity index (χ3n) is 2.47. The zero-order chi connectivity index (χ0) is 11.9. The van der Waals surface area contributed by atoms with Crippen molar-refractivity contribution in [2.75, 3.05) is 26.8 Å². The quantitative estimate of drug-likeness (QED) is 0.704. The first-order valence-electron chi connectivity index (χ1n) is 5.59. The molecule has 2 aromatic rings. The smallest absolute Gasteiger partial charge is 0.155 e. The SMILES string of the molecule is COCCNCC(n1cccn1)n1cccn1. The van der Waals surface area contributed by atoms with E-state index in [1.807, 2.05) is 33.9 Å². The highest BCUT2D eigenvalue weighted by Crippen LogP contribution is 2.05. The molecule has 1 N–H and O–H groups in total. The summed E-state index contributed by atoms with van der Waals surface area (Å²) in [4.78, 5) is 0. The van der Waals surface area contributed by atoms with E-state index >= 15 is 0 Å².